The van der Waals surface area contributed by atoms with Crippen molar-refractivity contribution < 1.29 is 0 Å². The molecule has 0 fully saturated rings. The smallest absolute Gasteiger partial charge is 0.0526 e. The van der Waals surface area contributed by atoms with E-state index in [0.717, 1.165) is 19.5 Å². The van der Waals surface area contributed by atoms with Gasteiger partial charge in [0.15, 0.2) is 0 Å². The molecular formula is C19H33N3. The summed E-state index contributed by atoms with van der Waals surface area (Å²) in [5.74, 6) is 0. The Morgan fingerprint density at radius 3 is 2.09 bits per heavy atom. The van der Waals surface area contributed by atoms with Crippen LogP contribution in [0.1, 0.15) is 44.7 Å². The summed E-state index contributed by atoms with van der Waals surface area (Å²) in [4.78, 5) is 4.70. The third-order valence-corrected chi connectivity index (χ3v) is 3.79. The molecule has 1 aromatic carbocycles. The summed E-state index contributed by atoms with van der Waals surface area (Å²) in [6.45, 7) is 7.43. The summed E-state index contributed by atoms with van der Waals surface area (Å²) in [6, 6.07) is 9.34. The molecule has 3 heteroatoms. The van der Waals surface area contributed by atoms with Crippen LogP contribution in [0.15, 0.2) is 36.4 Å². The lowest BCUT2D eigenvalue weighted by Crippen LogP contribution is -2.25. The molecule has 0 amide bonds. The lowest BCUT2D eigenvalue weighted by Gasteiger charge is -2.26. The number of rotatable bonds is 10. The van der Waals surface area contributed by atoms with Crippen LogP contribution >= 0.6 is 0 Å². The monoisotopic (exact) mass is 303 g/mol. The first-order chi connectivity index (χ1) is 10.6. The molecule has 0 bridgehead atoms. The van der Waals surface area contributed by atoms with Crippen molar-refractivity contribution in [3.63, 3.8) is 0 Å². The van der Waals surface area contributed by atoms with Gasteiger partial charge in [0.05, 0.1) is 6.04 Å². The summed E-state index contributed by atoms with van der Waals surface area (Å²) < 4.78 is 0. The van der Waals surface area contributed by atoms with E-state index in [1.165, 1.54) is 24.1 Å². The van der Waals surface area contributed by atoms with Crippen LogP contribution in [0.4, 0.5) is 5.69 Å². The van der Waals surface area contributed by atoms with Gasteiger partial charge in [-0.15, -0.1) is 0 Å². The second-order valence-corrected chi connectivity index (χ2v) is 5.99. The van der Waals surface area contributed by atoms with E-state index in [1.54, 1.807) is 0 Å². The Morgan fingerprint density at radius 2 is 1.64 bits per heavy atom. The summed E-state index contributed by atoms with van der Waals surface area (Å²) in [5.41, 5.74) is 8.23. The van der Waals surface area contributed by atoms with Gasteiger partial charge < -0.3 is 10.6 Å². The minimum absolute atomic E-state index is 0.311. The Balaban J connectivity index is 2.87. The standard InChI is InChI=1S/C19H33N3/c1-5-15-22(16-6-2)18-12-10-17(11-13-18)19(21(3)4)9-7-8-14-20/h7,9-13,19H,5-6,8,14-16,20H2,1-4H3/b9-7-. The van der Waals surface area contributed by atoms with Crippen molar-refractivity contribution in [1.29, 1.82) is 0 Å². The quantitative estimate of drug-likeness (QED) is 0.667. The molecule has 0 saturated carbocycles. The maximum atomic E-state index is 5.57. The van der Waals surface area contributed by atoms with Gasteiger partial charge in [-0.2, -0.15) is 0 Å². The summed E-state index contributed by atoms with van der Waals surface area (Å²) in [7, 11) is 4.23. The molecule has 124 valence electrons. The average molecular weight is 303 g/mol. The van der Waals surface area contributed by atoms with Crippen molar-refractivity contribution >= 4 is 5.69 Å². The molecule has 22 heavy (non-hydrogen) atoms. The molecule has 1 rings (SSSR count). The predicted molar refractivity (Wildman–Crippen MR) is 98.5 cm³/mol. The fourth-order valence-electron chi connectivity index (χ4n) is 2.69. The topological polar surface area (TPSA) is 32.5 Å². The van der Waals surface area contributed by atoms with Crippen LogP contribution in [0, 0.1) is 0 Å². The van der Waals surface area contributed by atoms with Gasteiger partial charge in [-0.25, -0.2) is 0 Å². The molecule has 0 aliphatic carbocycles. The molecular weight excluding hydrogens is 270 g/mol. The van der Waals surface area contributed by atoms with Gasteiger partial charge >= 0.3 is 0 Å². The minimum atomic E-state index is 0.311. The zero-order valence-corrected chi connectivity index (χ0v) is 14.8. The second kappa shape index (κ2) is 10.4. The molecule has 1 unspecified atom stereocenters. The van der Waals surface area contributed by atoms with Gasteiger partial charge in [-0.05, 0) is 57.6 Å². The lowest BCUT2D eigenvalue weighted by molar-refractivity contribution is 0.350. The van der Waals surface area contributed by atoms with E-state index >= 15 is 0 Å². The Morgan fingerprint density at radius 1 is 1.05 bits per heavy atom. The highest BCUT2D eigenvalue weighted by atomic mass is 15.1. The van der Waals surface area contributed by atoms with Crippen molar-refractivity contribution in [1.82, 2.24) is 4.90 Å². The Kier molecular flexibility index (Phi) is 8.86. The molecule has 0 heterocycles. The number of benzene rings is 1. The number of hydrogen-bond donors (Lipinski definition) is 1. The first kappa shape index (κ1) is 18.7. The van der Waals surface area contributed by atoms with Gasteiger partial charge in [0.2, 0.25) is 0 Å². The Hall–Kier alpha value is -1.32. The molecule has 0 saturated heterocycles. The summed E-state index contributed by atoms with van der Waals surface area (Å²) >= 11 is 0. The molecule has 0 aliphatic heterocycles. The van der Waals surface area contributed by atoms with Crippen LogP contribution in [0.2, 0.25) is 0 Å². The molecule has 1 aromatic rings. The van der Waals surface area contributed by atoms with Crippen LogP contribution in [0.25, 0.3) is 0 Å². The highest BCUT2D eigenvalue weighted by Crippen LogP contribution is 2.23. The van der Waals surface area contributed by atoms with E-state index in [9.17, 15) is 0 Å². The fraction of sp³-hybridized carbons (Fsp3) is 0.579. The first-order valence-corrected chi connectivity index (χ1v) is 8.52. The van der Waals surface area contributed by atoms with E-state index in [0.29, 0.717) is 12.6 Å². The fourth-order valence-corrected chi connectivity index (χ4v) is 2.69. The van der Waals surface area contributed by atoms with Gasteiger partial charge in [-0.3, -0.25) is 4.90 Å². The zero-order chi connectivity index (χ0) is 16.4. The van der Waals surface area contributed by atoms with Crippen molar-refractivity contribution in [2.75, 3.05) is 38.6 Å². The summed E-state index contributed by atoms with van der Waals surface area (Å²) in [5, 5.41) is 0. The maximum Gasteiger partial charge on any atom is 0.0526 e. The molecule has 2 N–H and O–H groups in total. The molecule has 0 aromatic heterocycles. The second-order valence-electron chi connectivity index (χ2n) is 5.99. The van der Waals surface area contributed by atoms with E-state index in [1.807, 2.05) is 0 Å². The summed E-state index contributed by atoms with van der Waals surface area (Å²) in [6.07, 6.45) is 7.73. The SMILES string of the molecule is CCCN(CCC)c1ccc(C(/C=C\CCN)N(C)C)cc1. The third-order valence-electron chi connectivity index (χ3n) is 3.79. The highest BCUT2D eigenvalue weighted by molar-refractivity contribution is 5.48. The third kappa shape index (κ3) is 5.82. The Labute approximate surface area is 136 Å². The number of nitrogens with zero attached hydrogens (tertiary/aromatic N) is 2. The van der Waals surface area contributed by atoms with Crippen LogP contribution in [-0.4, -0.2) is 38.6 Å². The van der Waals surface area contributed by atoms with Crippen LogP contribution in [0.5, 0.6) is 0 Å². The molecule has 3 nitrogen and oxygen atoms in total. The van der Waals surface area contributed by atoms with E-state index < -0.39 is 0 Å². The van der Waals surface area contributed by atoms with Crippen molar-refractivity contribution in [3.8, 4) is 0 Å². The van der Waals surface area contributed by atoms with Crippen molar-refractivity contribution in [3.05, 3.63) is 42.0 Å². The molecule has 1 atom stereocenters. The van der Waals surface area contributed by atoms with E-state index in [2.05, 4.69) is 74.2 Å². The Bertz CT molecular complexity index is 417. The molecule has 0 aliphatic rings. The molecule has 0 radical (unpaired) electrons. The zero-order valence-electron chi connectivity index (χ0n) is 14.8. The highest BCUT2D eigenvalue weighted by Gasteiger charge is 2.11. The van der Waals surface area contributed by atoms with Crippen molar-refractivity contribution in [2.45, 2.75) is 39.2 Å². The molecule has 0 spiro atoms. The van der Waals surface area contributed by atoms with E-state index in [4.69, 9.17) is 5.73 Å². The number of nitrogens with two attached hydrogens (primary N) is 1. The minimum Gasteiger partial charge on any atom is -0.372 e. The van der Waals surface area contributed by atoms with E-state index in [-0.39, 0.29) is 0 Å². The van der Waals surface area contributed by atoms with Gasteiger partial charge in [0, 0.05) is 18.8 Å². The number of anilines is 1. The van der Waals surface area contributed by atoms with Gasteiger partial charge in [0.1, 0.15) is 0 Å². The number of likely N-dealkylation sites (N-methyl/N-ethyl adjacent to an activating group) is 1. The first-order valence-electron chi connectivity index (χ1n) is 8.52. The lowest BCUT2D eigenvalue weighted by atomic mass is 10.0. The predicted octanol–water partition coefficient (Wildman–Crippen LogP) is 3.82. The number of hydrogen-bond acceptors (Lipinski definition) is 3. The maximum absolute atomic E-state index is 5.57. The van der Waals surface area contributed by atoms with Crippen LogP contribution in [0.3, 0.4) is 0 Å². The van der Waals surface area contributed by atoms with Crippen LogP contribution < -0.4 is 10.6 Å². The van der Waals surface area contributed by atoms with Gasteiger partial charge in [0.25, 0.3) is 0 Å². The van der Waals surface area contributed by atoms with Crippen molar-refractivity contribution in [2.24, 2.45) is 5.73 Å². The normalized spacial score (nSPS) is 13.0. The largest absolute Gasteiger partial charge is 0.372 e. The van der Waals surface area contributed by atoms with Gasteiger partial charge in [-0.1, -0.05) is 38.1 Å². The van der Waals surface area contributed by atoms with Crippen LogP contribution in [-0.2, 0) is 0 Å². The average Bonchev–Trinajstić information content (AvgIpc) is 2.51.